The van der Waals surface area contributed by atoms with Gasteiger partial charge in [-0.05, 0) is 57.1 Å². The minimum atomic E-state index is 0.290. The van der Waals surface area contributed by atoms with Crippen LogP contribution in [0.1, 0.15) is 60.4 Å². The van der Waals surface area contributed by atoms with E-state index in [4.69, 9.17) is 5.84 Å². The van der Waals surface area contributed by atoms with Gasteiger partial charge in [0.25, 0.3) is 0 Å². The summed E-state index contributed by atoms with van der Waals surface area (Å²) in [6, 6.07) is 2.67. The summed E-state index contributed by atoms with van der Waals surface area (Å²) in [6.45, 7) is 6.05. The molecule has 0 radical (unpaired) electrons. The van der Waals surface area contributed by atoms with E-state index in [9.17, 15) is 0 Å². The van der Waals surface area contributed by atoms with Gasteiger partial charge in [-0.1, -0.05) is 12.0 Å². The predicted molar refractivity (Wildman–Crippen MR) is 79.7 cm³/mol. The van der Waals surface area contributed by atoms with E-state index in [0.717, 1.165) is 12.8 Å². The van der Waals surface area contributed by atoms with Crippen molar-refractivity contribution in [3.05, 3.63) is 33.5 Å². The molecule has 0 fully saturated rings. The SMILES string of the molecule is C=C(C)CCC(NN)c1cc2c(s1)CCCCC2. The fourth-order valence-electron chi connectivity index (χ4n) is 2.56. The second-order valence-corrected chi connectivity index (χ2v) is 6.54. The first kappa shape index (κ1) is 13.8. The molecule has 1 aliphatic carbocycles. The molecule has 1 unspecified atom stereocenters. The third-order valence-electron chi connectivity index (χ3n) is 3.67. The van der Waals surface area contributed by atoms with Crippen molar-refractivity contribution in [2.45, 2.75) is 57.9 Å². The molecule has 1 aromatic heterocycles. The summed E-state index contributed by atoms with van der Waals surface area (Å²) in [7, 11) is 0. The topological polar surface area (TPSA) is 38.0 Å². The molecule has 2 rings (SSSR count). The number of nitrogens with two attached hydrogens (primary N) is 1. The van der Waals surface area contributed by atoms with Crippen molar-refractivity contribution in [1.82, 2.24) is 5.43 Å². The molecule has 18 heavy (non-hydrogen) atoms. The zero-order chi connectivity index (χ0) is 13.0. The van der Waals surface area contributed by atoms with Crippen molar-refractivity contribution in [3.63, 3.8) is 0 Å². The third-order valence-corrected chi connectivity index (χ3v) is 5.02. The van der Waals surface area contributed by atoms with Gasteiger partial charge in [0.05, 0.1) is 6.04 Å². The summed E-state index contributed by atoms with van der Waals surface area (Å²) in [5, 5.41) is 0. The van der Waals surface area contributed by atoms with E-state index in [1.54, 1.807) is 10.4 Å². The molecule has 3 heteroatoms. The molecular formula is C15H24N2S. The molecule has 0 spiro atoms. The zero-order valence-corrected chi connectivity index (χ0v) is 12.1. The summed E-state index contributed by atoms with van der Waals surface area (Å²) in [5.41, 5.74) is 5.77. The second kappa shape index (κ2) is 6.50. The van der Waals surface area contributed by atoms with Gasteiger partial charge in [0, 0.05) is 9.75 Å². The summed E-state index contributed by atoms with van der Waals surface area (Å²) in [6.07, 6.45) is 8.67. The van der Waals surface area contributed by atoms with Gasteiger partial charge in [-0.2, -0.15) is 0 Å². The molecule has 1 heterocycles. The second-order valence-electron chi connectivity index (χ2n) is 5.37. The fourth-order valence-corrected chi connectivity index (χ4v) is 3.91. The number of thiophene rings is 1. The van der Waals surface area contributed by atoms with Crippen molar-refractivity contribution >= 4 is 11.3 Å². The minimum absolute atomic E-state index is 0.290. The van der Waals surface area contributed by atoms with Crippen LogP contribution in [0.15, 0.2) is 18.2 Å². The van der Waals surface area contributed by atoms with Crippen LogP contribution in [0.4, 0.5) is 0 Å². The largest absolute Gasteiger partial charge is 0.271 e. The molecule has 0 aromatic carbocycles. The Kier molecular flexibility index (Phi) is 4.98. The smallest absolute Gasteiger partial charge is 0.0556 e. The average molecular weight is 264 g/mol. The zero-order valence-electron chi connectivity index (χ0n) is 11.3. The Morgan fingerprint density at radius 2 is 2.22 bits per heavy atom. The molecule has 0 aliphatic heterocycles. The molecule has 2 nitrogen and oxygen atoms in total. The lowest BCUT2D eigenvalue weighted by atomic mass is 10.0. The molecule has 0 saturated heterocycles. The monoisotopic (exact) mass is 264 g/mol. The van der Waals surface area contributed by atoms with Gasteiger partial charge in [0.2, 0.25) is 0 Å². The number of aryl methyl sites for hydroxylation is 2. The third kappa shape index (κ3) is 3.44. The first-order chi connectivity index (χ1) is 8.70. The Hall–Kier alpha value is -0.640. The standard InChI is InChI=1S/C15H24N2S/c1-11(2)8-9-13(17-16)15-10-12-6-4-3-5-7-14(12)18-15/h10,13,17H,1,3-9,16H2,2H3. The Bertz CT molecular complexity index is 385. The maximum absolute atomic E-state index is 5.71. The van der Waals surface area contributed by atoms with Gasteiger partial charge in [-0.15, -0.1) is 17.9 Å². The number of hydrogen-bond donors (Lipinski definition) is 2. The molecule has 0 saturated carbocycles. The lowest BCUT2D eigenvalue weighted by molar-refractivity contribution is 0.523. The molecule has 3 N–H and O–H groups in total. The van der Waals surface area contributed by atoms with E-state index in [2.05, 4.69) is 25.0 Å². The van der Waals surface area contributed by atoms with Crippen molar-refractivity contribution in [2.75, 3.05) is 0 Å². The number of hydrazine groups is 1. The van der Waals surface area contributed by atoms with Crippen LogP contribution in [-0.2, 0) is 12.8 Å². The van der Waals surface area contributed by atoms with Crippen molar-refractivity contribution in [1.29, 1.82) is 0 Å². The van der Waals surface area contributed by atoms with Crippen LogP contribution >= 0.6 is 11.3 Å². The van der Waals surface area contributed by atoms with Crippen LogP contribution in [0.2, 0.25) is 0 Å². The number of rotatable bonds is 5. The van der Waals surface area contributed by atoms with Crippen molar-refractivity contribution < 1.29 is 0 Å². The van der Waals surface area contributed by atoms with Gasteiger partial charge < -0.3 is 0 Å². The summed E-state index contributed by atoms with van der Waals surface area (Å²) >= 11 is 1.96. The molecular weight excluding hydrogens is 240 g/mol. The lowest BCUT2D eigenvalue weighted by Gasteiger charge is -2.14. The van der Waals surface area contributed by atoms with E-state index in [0.29, 0.717) is 6.04 Å². The minimum Gasteiger partial charge on any atom is -0.271 e. The van der Waals surface area contributed by atoms with E-state index in [1.807, 2.05) is 11.3 Å². The highest BCUT2D eigenvalue weighted by Gasteiger charge is 2.17. The molecule has 0 bridgehead atoms. The van der Waals surface area contributed by atoms with E-state index >= 15 is 0 Å². The number of hydrogen-bond acceptors (Lipinski definition) is 3. The highest BCUT2D eigenvalue weighted by Crippen LogP contribution is 2.33. The Morgan fingerprint density at radius 3 is 2.94 bits per heavy atom. The van der Waals surface area contributed by atoms with E-state index in [-0.39, 0.29) is 0 Å². The van der Waals surface area contributed by atoms with Crippen LogP contribution in [0.5, 0.6) is 0 Å². The first-order valence-corrected chi connectivity index (χ1v) is 7.74. The fraction of sp³-hybridized carbons (Fsp3) is 0.600. The Labute approximate surface area is 114 Å². The molecule has 1 atom stereocenters. The normalized spacial score (nSPS) is 17.0. The summed E-state index contributed by atoms with van der Waals surface area (Å²) in [4.78, 5) is 3.00. The Balaban J connectivity index is 2.08. The number of allylic oxidation sites excluding steroid dienone is 1. The van der Waals surface area contributed by atoms with Crippen LogP contribution in [0, 0.1) is 0 Å². The summed E-state index contributed by atoms with van der Waals surface area (Å²) < 4.78 is 0. The maximum atomic E-state index is 5.71. The van der Waals surface area contributed by atoms with Crippen molar-refractivity contribution in [3.8, 4) is 0 Å². The molecule has 1 aromatic rings. The van der Waals surface area contributed by atoms with Crippen LogP contribution in [0.25, 0.3) is 0 Å². The van der Waals surface area contributed by atoms with Crippen LogP contribution in [0.3, 0.4) is 0 Å². The van der Waals surface area contributed by atoms with Crippen LogP contribution < -0.4 is 11.3 Å². The van der Waals surface area contributed by atoms with Gasteiger partial charge in [0.1, 0.15) is 0 Å². The Morgan fingerprint density at radius 1 is 1.44 bits per heavy atom. The molecule has 0 amide bonds. The van der Waals surface area contributed by atoms with E-state index in [1.165, 1.54) is 42.6 Å². The van der Waals surface area contributed by atoms with Crippen LogP contribution in [-0.4, -0.2) is 0 Å². The summed E-state index contributed by atoms with van der Waals surface area (Å²) in [5.74, 6) is 5.71. The average Bonchev–Trinajstić information content (AvgIpc) is 2.61. The first-order valence-electron chi connectivity index (χ1n) is 6.92. The molecule has 1 aliphatic rings. The highest BCUT2D eigenvalue weighted by molar-refractivity contribution is 7.12. The van der Waals surface area contributed by atoms with Gasteiger partial charge in [-0.25, -0.2) is 0 Å². The lowest BCUT2D eigenvalue weighted by Crippen LogP contribution is -2.27. The highest BCUT2D eigenvalue weighted by atomic mass is 32.1. The van der Waals surface area contributed by atoms with Crippen molar-refractivity contribution in [2.24, 2.45) is 5.84 Å². The predicted octanol–water partition coefficient (Wildman–Crippen LogP) is 3.88. The quantitative estimate of drug-likeness (QED) is 0.366. The number of nitrogens with one attached hydrogen (secondary N) is 1. The molecule has 100 valence electrons. The maximum Gasteiger partial charge on any atom is 0.0556 e. The van der Waals surface area contributed by atoms with E-state index < -0.39 is 0 Å². The van der Waals surface area contributed by atoms with Gasteiger partial charge in [-0.3, -0.25) is 11.3 Å². The van der Waals surface area contributed by atoms with Gasteiger partial charge in [0.15, 0.2) is 0 Å². The number of fused-ring (bicyclic) bond motifs is 1. The van der Waals surface area contributed by atoms with Gasteiger partial charge >= 0.3 is 0 Å².